The average Bonchev–Trinajstić information content (AvgIpc) is 2.99. The van der Waals surface area contributed by atoms with Crippen LogP contribution in [0.2, 0.25) is 0 Å². The summed E-state index contributed by atoms with van der Waals surface area (Å²) in [5.41, 5.74) is -1.13. The van der Waals surface area contributed by atoms with Crippen LogP contribution in [-0.2, 0) is 12.0 Å². The molecule has 0 bridgehead atoms. The molecule has 1 aromatic heterocycles. The van der Waals surface area contributed by atoms with E-state index >= 15 is 0 Å². The van der Waals surface area contributed by atoms with Crippen molar-refractivity contribution in [2.24, 2.45) is 0 Å². The lowest BCUT2D eigenvalue weighted by atomic mass is 10.0. The number of carbonyl (C=O) groups excluding carboxylic acids is 1. The monoisotopic (exact) mass is 342 g/mol. The highest BCUT2D eigenvalue weighted by Crippen LogP contribution is 2.23. The van der Waals surface area contributed by atoms with E-state index in [9.17, 15) is 23.1 Å². The number of alkyl halides is 3. The summed E-state index contributed by atoms with van der Waals surface area (Å²) in [5, 5.41) is 15.1. The standard InChI is InChI=1S/C16H17F3N2O3/c1-15(23,13-6-3-7-24-13)10-20-14(22)21-12-5-2-4-11(8-12)9-16(17,18)19/h2-8,23H,9-10H2,1H3,(H2,20,21,22). The number of aliphatic hydroxyl groups is 1. The van der Waals surface area contributed by atoms with Crippen molar-refractivity contribution in [3.63, 3.8) is 0 Å². The maximum atomic E-state index is 12.4. The van der Waals surface area contributed by atoms with Crippen LogP contribution in [0.1, 0.15) is 18.2 Å². The summed E-state index contributed by atoms with van der Waals surface area (Å²) in [5.74, 6) is 0.287. The molecule has 0 saturated heterocycles. The Hall–Kier alpha value is -2.48. The van der Waals surface area contributed by atoms with Crippen LogP contribution < -0.4 is 10.6 Å². The molecule has 0 radical (unpaired) electrons. The van der Waals surface area contributed by atoms with Crippen LogP contribution in [0.25, 0.3) is 0 Å². The molecule has 2 rings (SSSR count). The van der Waals surface area contributed by atoms with E-state index < -0.39 is 24.2 Å². The molecule has 130 valence electrons. The van der Waals surface area contributed by atoms with Crippen molar-refractivity contribution in [1.29, 1.82) is 0 Å². The lowest BCUT2D eigenvalue weighted by Crippen LogP contribution is -2.40. The number of hydrogen-bond acceptors (Lipinski definition) is 3. The number of furan rings is 1. The van der Waals surface area contributed by atoms with Gasteiger partial charge < -0.3 is 20.2 Å². The van der Waals surface area contributed by atoms with Gasteiger partial charge in [0.25, 0.3) is 0 Å². The number of rotatable bonds is 5. The van der Waals surface area contributed by atoms with E-state index in [4.69, 9.17) is 4.42 Å². The van der Waals surface area contributed by atoms with Gasteiger partial charge in [-0.1, -0.05) is 12.1 Å². The van der Waals surface area contributed by atoms with E-state index in [2.05, 4.69) is 10.6 Å². The molecule has 0 fully saturated rings. The predicted molar refractivity (Wildman–Crippen MR) is 81.5 cm³/mol. The number of urea groups is 1. The summed E-state index contributed by atoms with van der Waals surface area (Å²) in [6.45, 7) is 1.34. The maximum absolute atomic E-state index is 12.4. The molecule has 2 amide bonds. The Morgan fingerprint density at radius 2 is 2.00 bits per heavy atom. The first kappa shape index (κ1) is 17.9. The van der Waals surface area contributed by atoms with Crippen molar-refractivity contribution >= 4 is 11.7 Å². The summed E-state index contributed by atoms with van der Waals surface area (Å²) in [6.07, 6.45) is -3.99. The van der Waals surface area contributed by atoms with Crippen molar-refractivity contribution in [2.45, 2.75) is 25.1 Å². The Bertz CT molecular complexity index is 682. The summed E-state index contributed by atoms with van der Waals surface area (Å²) >= 11 is 0. The number of anilines is 1. The lowest BCUT2D eigenvalue weighted by molar-refractivity contribution is -0.127. The van der Waals surface area contributed by atoms with Crippen molar-refractivity contribution in [3.8, 4) is 0 Å². The predicted octanol–water partition coefficient (Wildman–Crippen LogP) is 3.41. The molecule has 1 aromatic carbocycles. The van der Waals surface area contributed by atoms with Gasteiger partial charge in [-0.2, -0.15) is 13.2 Å². The fraction of sp³-hybridized carbons (Fsp3) is 0.312. The zero-order chi connectivity index (χ0) is 17.8. The molecule has 5 nitrogen and oxygen atoms in total. The second kappa shape index (κ2) is 6.96. The van der Waals surface area contributed by atoms with E-state index in [1.807, 2.05) is 0 Å². The van der Waals surface area contributed by atoms with Gasteiger partial charge in [-0.3, -0.25) is 0 Å². The van der Waals surface area contributed by atoms with Gasteiger partial charge in [0.1, 0.15) is 11.4 Å². The van der Waals surface area contributed by atoms with Gasteiger partial charge >= 0.3 is 12.2 Å². The Morgan fingerprint density at radius 1 is 1.25 bits per heavy atom. The Morgan fingerprint density at radius 3 is 2.62 bits per heavy atom. The van der Waals surface area contributed by atoms with Gasteiger partial charge in [-0.25, -0.2) is 4.79 Å². The molecule has 1 unspecified atom stereocenters. The maximum Gasteiger partial charge on any atom is 0.393 e. The SMILES string of the molecule is CC(O)(CNC(=O)Nc1cccc(CC(F)(F)F)c1)c1ccco1. The normalized spacial score (nSPS) is 14.0. The number of hydrogen-bond donors (Lipinski definition) is 3. The van der Waals surface area contributed by atoms with Crippen LogP contribution in [0.5, 0.6) is 0 Å². The molecule has 3 N–H and O–H groups in total. The van der Waals surface area contributed by atoms with Crippen LogP contribution in [0.15, 0.2) is 47.1 Å². The van der Waals surface area contributed by atoms with E-state index in [1.54, 1.807) is 12.1 Å². The fourth-order valence-electron chi connectivity index (χ4n) is 2.09. The lowest BCUT2D eigenvalue weighted by Gasteiger charge is -2.21. The summed E-state index contributed by atoms with van der Waals surface area (Å²) in [7, 11) is 0. The molecule has 24 heavy (non-hydrogen) atoms. The number of halogens is 3. The molecule has 2 aromatic rings. The van der Waals surface area contributed by atoms with Gasteiger partial charge in [0, 0.05) is 5.69 Å². The van der Waals surface area contributed by atoms with Crippen LogP contribution in [0.3, 0.4) is 0 Å². The van der Waals surface area contributed by atoms with Crippen molar-refractivity contribution < 1.29 is 27.5 Å². The number of benzene rings is 1. The second-order valence-corrected chi connectivity index (χ2v) is 5.55. The third-order valence-corrected chi connectivity index (χ3v) is 3.23. The van der Waals surface area contributed by atoms with Gasteiger partial charge in [0.05, 0.1) is 19.2 Å². The topological polar surface area (TPSA) is 74.5 Å². The zero-order valence-electron chi connectivity index (χ0n) is 12.9. The summed E-state index contributed by atoms with van der Waals surface area (Å²) in [6, 6.07) is 8.01. The first-order valence-electron chi connectivity index (χ1n) is 7.13. The minimum absolute atomic E-state index is 0.0443. The molecular weight excluding hydrogens is 325 g/mol. The molecular formula is C16H17F3N2O3. The Kier molecular flexibility index (Phi) is 5.18. The van der Waals surface area contributed by atoms with Gasteiger partial charge in [0.2, 0.25) is 0 Å². The average molecular weight is 342 g/mol. The second-order valence-electron chi connectivity index (χ2n) is 5.55. The molecule has 0 spiro atoms. The smallest absolute Gasteiger partial charge is 0.393 e. The quantitative estimate of drug-likeness (QED) is 0.779. The van der Waals surface area contributed by atoms with Crippen molar-refractivity contribution in [3.05, 3.63) is 54.0 Å². The first-order chi connectivity index (χ1) is 11.2. The highest BCUT2D eigenvalue weighted by atomic mass is 19.4. The molecule has 0 aliphatic rings. The summed E-state index contributed by atoms with van der Waals surface area (Å²) in [4.78, 5) is 11.8. The first-order valence-corrected chi connectivity index (χ1v) is 7.13. The van der Waals surface area contributed by atoms with Crippen LogP contribution in [0.4, 0.5) is 23.7 Å². The largest absolute Gasteiger partial charge is 0.466 e. The molecule has 0 aliphatic carbocycles. The molecule has 0 aliphatic heterocycles. The third kappa shape index (κ3) is 5.31. The third-order valence-electron chi connectivity index (χ3n) is 3.23. The van der Waals surface area contributed by atoms with Gasteiger partial charge in [-0.15, -0.1) is 0 Å². The van der Waals surface area contributed by atoms with E-state index in [-0.39, 0.29) is 23.6 Å². The van der Waals surface area contributed by atoms with Crippen molar-refractivity contribution in [1.82, 2.24) is 5.32 Å². The summed E-state index contributed by atoms with van der Waals surface area (Å²) < 4.78 is 42.2. The van der Waals surface area contributed by atoms with Crippen LogP contribution >= 0.6 is 0 Å². The minimum atomic E-state index is -4.32. The highest BCUT2D eigenvalue weighted by molar-refractivity contribution is 5.89. The Balaban J connectivity index is 1.92. The number of carbonyl (C=O) groups is 1. The van der Waals surface area contributed by atoms with E-state index in [0.29, 0.717) is 0 Å². The molecule has 0 saturated carbocycles. The molecule has 1 atom stereocenters. The molecule has 1 heterocycles. The highest BCUT2D eigenvalue weighted by Gasteiger charge is 2.28. The zero-order valence-corrected chi connectivity index (χ0v) is 12.9. The minimum Gasteiger partial charge on any atom is -0.466 e. The Labute approximate surface area is 136 Å². The number of amides is 2. The van der Waals surface area contributed by atoms with Gasteiger partial charge in [-0.05, 0) is 36.8 Å². The van der Waals surface area contributed by atoms with Crippen molar-refractivity contribution in [2.75, 3.05) is 11.9 Å². The van der Waals surface area contributed by atoms with Crippen LogP contribution in [0, 0.1) is 0 Å². The van der Waals surface area contributed by atoms with Gasteiger partial charge in [0.15, 0.2) is 0 Å². The number of nitrogens with one attached hydrogen (secondary N) is 2. The van der Waals surface area contributed by atoms with E-state index in [1.165, 1.54) is 37.5 Å². The van der Waals surface area contributed by atoms with Crippen LogP contribution in [-0.4, -0.2) is 23.9 Å². The molecule has 8 heteroatoms. The van der Waals surface area contributed by atoms with E-state index in [0.717, 1.165) is 0 Å². The fourth-order valence-corrected chi connectivity index (χ4v) is 2.09.